The van der Waals surface area contributed by atoms with E-state index in [1.165, 1.54) is 0 Å². The normalized spacial score (nSPS) is 10.8. The summed E-state index contributed by atoms with van der Waals surface area (Å²) >= 11 is 5.87. The van der Waals surface area contributed by atoms with Gasteiger partial charge in [-0.2, -0.15) is 5.10 Å². The standard InChI is InChI=1S/C15H20ClN3O/c1-4-5-19-14(17-10-18-19)9-20-15-11(2)6-13(8-16)7-12(15)3/h6-7,10H,4-5,8-9H2,1-3H3. The molecule has 108 valence electrons. The molecule has 1 heterocycles. The summed E-state index contributed by atoms with van der Waals surface area (Å²) in [4.78, 5) is 4.25. The Bertz CT molecular complexity index is 557. The molecule has 0 amide bonds. The molecule has 0 fully saturated rings. The lowest BCUT2D eigenvalue weighted by Gasteiger charge is -2.13. The van der Waals surface area contributed by atoms with Crippen molar-refractivity contribution in [1.29, 1.82) is 0 Å². The minimum Gasteiger partial charge on any atom is -0.485 e. The van der Waals surface area contributed by atoms with Crippen LogP contribution in [0.25, 0.3) is 0 Å². The van der Waals surface area contributed by atoms with Crippen LogP contribution in [0.5, 0.6) is 5.75 Å². The van der Waals surface area contributed by atoms with E-state index in [4.69, 9.17) is 16.3 Å². The molecular weight excluding hydrogens is 274 g/mol. The monoisotopic (exact) mass is 293 g/mol. The number of ether oxygens (including phenoxy) is 1. The molecule has 0 atom stereocenters. The van der Waals surface area contributed by atoms with Crippen LogP contribution in [0.1, 0.15) is 35.9 Å². The van der Waals surface area contributed by atoms with E-state index in [-0.39, 0.29) is 0 Å². The summed E-state index contributed by atoms with van der Waals surface area (Å²) in [6, 6.07) is 4.12. The number of hydrogen-bond acceptors (Lipinski definition) is 3. The maximum absolute atomic E-state index is 5.93. The molecule has 0 saturated heterocycles. The molecule has 0 bridgehead atoms. The number of aryl methyl sites for hydroxylation is 3. The minimum absolute atomic E-state index is 0.432. The summed E-state index contributed by atoms with van der Waals surface area (Å²) in [5.41, 5.74) is 3.31. The van der Waals surface area contributed by atoms with Crippen molar-refractivity contribution in [2.45, 2.75) is 46.2 Å². The van der Waals surface area contributed by atoms with Crippen molar-refractivity contribution in [1.82, 2.24) is 14.8 Å². The van der Waals surface area contributed by atoms with E-state index in [1.807, 2.05) is 18.5 Å². The third-order valence-corrected chi connectivity index (χ3v) is 3.46. The first-order valence-electron chi connectivity index (χ1n) is 6.81. The largest absolute Gasteiger partial charge is 0.485 e. The zero-order chi connectivity index (χ0) is 14.5. The fraction of sp³-hybridized carbons (Fsp3) is 0.467. The second-order valence-corrected chi connectivity index (χ2v) is 5.15. The molecule has 0 aliphatic heterocycles. The number of aromatic nitrogens is 3. The molecular formula is C15H20ClN3O. The van der Waals surface area contributed by atoms with Crippen LogP contribution in [0.15, 0.2) is 18.5 Å². The lowest BCUT2D eigenvalue weighted by atomic mass is 10.1. The van der Waals surface area contributed by atoms with Crippen molar-refractivity contribution in [3.63, 3.8) is 0 Å². The molecule has 20 heavy (non-hydrogen) atoms. The van der Waals surface area contributed by atoms with Crippen LogP contribution < -0.4 is 4.74 Å². The summed E-state index contributed by atoms with van der Waals surface area (Å²) in [5.74, 6) is 2.28. The van der Waals surface area contributed by atoms with Crippen LogP contribution in [0.4, 0.5) is 0 Å². The maximum atomic E-state index is 5.93. The molecule has 1 aromatic heterocycles. The number of hydrogen-bond donors (Lipinski definition) is 0. The summed E-state index contributed by atoms with van der Waals surface area (Å²) in [5, 5.41) is 4.20. The molecule has 0 radical (unpaired) electrons. The van der Waals surface area contributed by atoms with E-state index in [9.17, 15) is 0 Å². The Morgan fingerprint density at radius 1 is 1.25 bits per heavy atom. The van der Waals surface area contributed by atoms with Gasteiger partial charge < -0.3 is 4.74 Å². The predicted molar refractivity (Wildman–Crippen MR) is 80.1 cm³/mol. The number of halogens is 1. The highest BCUT2D eigenvalue weighted by Crippen LogP contribution is 2.26. The number of nitrogens with zero attached hydrogens (tertiary/aromatic N) is 3. The van der Waals surface area contributed by atoms with Gasteiger partial charge in [0.1, 0.15) is 18.7 Å². The van der Waals surface area contributed by atoms with Gasteiger partial charge in [0.05, 0.1) is 0 Å². The first-order chi connectivity index (χ1) is 9.65. The van der Waals surface area contributed by atoms with Gasteiger partial charge in [0.25, 0.3) is 0 Å². The molecule has 0 aliphatic rings. The third kappa shape index (κ3) is 3.31. The van der Waals surface area contributed by atoms with Gasteiger partial charge in [0.2, 0.25) is 0 Å². The first-order valence-corrected chi connectivity index (χ1v) is 7.34. The molecule has 0 N–H and O–H groups in total. The Labute approximate surface area is 124 Å². The SMILES string of the molecule is CCCn1ncnc1COc1c(C)cc(CCl)cc1C. The zero-order valence-electron chi connectivity index (χ0n) is 12.2. The van der Waals surface area contributed by atoms with E-state index >= 15 is 0 Å². The van der Waals surface area contributed by atoms with E-state index in [1.54, 1.807) is 6.33 Å². The van der Waals surface area contributed by atoms with E-state index in [0.717, 1.165) is 41.2 Å². The van der Waals surface area contributed by atoms with Crippen LogP contribution >= 0.6 is 11.6 Å². The Morgan fingerprint density at radius 2 is 1.95 bits per heavy atom. The van der Waals surface area contributed by atoms with E-state index < -0.39 is 0 Å². The van der Waals surface area contributed by atoms with E-state index in [2.05, 4.69) is 29.1 Å². The molecule has 1 aromatic carbocycles. The summed E-state index contributed by atoms with van der Waals surface area (Å²) < 4.78 is 7.82. The van der Waals surface area contributed by atoms with Gasteiger partial charge in [-0.05, 0) is 37.0 Å². The highest BCUT2D eigenvalue weighted by Gasteiger charge is 2.09. The average Bonchev–Trinajstić information content (AvgIpc) is 2.85. The fourth-order valence-corrected chi connectivity index (χ4v) is 2.43. The molecule has 4 nitrogen and oxygen atoms in total. The summed E-state index contributed by atoms with van der Waals surface area (Å²) in [6.45, 7) is 7.49. The minimum atomic E-state index is 0.432. The van der Waals surface area contributed by atoms with Crippen molar-refractivity contribution in [2.75, 3.05) is 0 Å². The highest BCUT2D eigenvalue weighted by atomic mass is 35.5. The molecule has 2 rings (SSSR count). The number of benzene rings is 1. The molecule has 2 aromatic rings. The molecule has 5 heteroatoms. The third-order valence-electron chi connectivity index (χ3n) is 3.15. The lowest BCUT2D eigenvalue weighted by Crippen LogP contribution is -2.09. The van der Waals surface area contributed by atoms with Gasteiger partial charge in [0.15, 0.2) is 5.82 Å². The van der Waals surface area contributed by atoms with Gasteiger partial charge in [-0.15, -0.1) is 11.6 Å². The Balaban J connectivity index is 2.13. The van der Waals surface area contributed by atoms with Crippen LogP contribution in [0, 0.1) is 13.8 Å². The zero-order valence-corrected chi connectivity index (χ0v) is 12.9. The summed E-state index contributed by atoms with van der Waals surface area (Å²) in [6.07, 6.45) is 2.60. The second-order valence-electron chi connectivity index (χ2n) is 4.88. The maximum Gasteiger partial charge on any atom is 0.164 e. The van der Waals surface area contributed by atoms with Crippen molar-refractivity contribution in [3.05, 3.63) is 41.0 Å². The van der Waals surface area contributed by atoms with Crippen molar-refractivity contribution < 1.29 is 4.74 Å². The van der Waals surface area contributed by atoms with Gasteiger partial charge in [-0.3, -0.25) is 0 Å². The van der Waals surface area contributed by atoms with Crippen LogP contribution in [-0.4, -0.2) is 14.8 Å². The highest BCUT2D eigenvalue weighted by molar-refractivity contribution is 6.17. The van der Waals surface area contributed by atoms with E-state index in [0.29, 0.717) is 12.5 Å². The average molecular weight is 294 g/mol. The Hall–Kier alpha value is -1.55. The first kappa shape index (κ1) is 14.9. The smallest absolute Gasteiger partial charge is 0.164 e. The number of rotatable bonds is 6. The van der Waals surface area contributed by atoms with Gasteiger partial charge in [-0.1, -0.05) is 19.1 Å². The lowest BCUT2D eigenvalue weighted by molar-refractivity contribution is 0.282. The topological polar surface area (TPSA) is 39.9 Å². The predicted octanol–water partition coefficient (Wildman–Crippen LogP) is 3.62. The van der Waals surface area contributed by atoms with Crippen LogP contribution in [0.2, 0.25) is 0 Å². The molecule has 0 spiro atoms. The van der Waals surface area contributed by atoms with Crippen LogP contribution in [-0.2, 0) is 19.0 Å². The van der Waals surface area contributed by atoms with Crippen molar-refractivity contribution in [2.24, 2.45) is 0 Å². The van der Waals surface area contributed by atoms with Gasteiger partial charge in [-0.25, -0.2) is 9.67 Å². The fourth-order valence-electron chi connectivity index (χ4n) is 2.28. The van der Waals surface area contributed by atoms with Gasteiger partial charge >= 0.3 is 0 Å². The van der Waals surface area contributed by atoms with Crippen molar-refractivity contribution in [3.8, 4) is 5.75 Å². The number of alkyl halides is 1. The summed E-state index contributed by atoms with van der Waals surface area (Å²) in [7, 11) is 0. The van der Waals surface area contributed by atoms with Crippen LogP contribution in [0.3, 0.4) is 0 Å². The quantitative estimate of drug-likeness (QED) is 0.764. The molecule has 0 aliphatic carbocycles. The Morgan fingerprint density at radius 3 is 2.55 bits per heavy atom. The molecule has 0 unspecified atom stereocenters. The second kappa shape index (κ2) is 6.75. The van der Waals surface area contributed by atoms with Gasteiger partial charge in [0, 0.05) is 12.4 Å². The molecule has 0 saturated carbocycles. The Kier molecular flexibility index (Phi) is 5.01. The van der Waals surface area contributed by atoms with Crippen molar-refractivity contribution >= 4 is 11.6 Å².